The minimum atomic E-state index is -3.84. The zero-order chi connectivity index (χ0) is 28.5. The highest BCUT2D eigenvalue weighted by Gasteiger charge is 2.36. The van der Waals surface area contributed by atoms with Crippen LogP contribution in [-0.4, -0.2) is 45.9 Å². The van der Waals surface area contributed by atoms with Gasteiger partial charge in [0, 0.05) is 30.3 Å². The van der Waals surface area contributed by atoms with Crippen LogP contribution in [0, 0.1) is 0 Å². The van der Waals surface area contributed by atoms with Crippen LogP contribution in [0.25, 0.3) is 0 Å². The molecule has 1 heterocycles. The lowest BCUT2D eigenvalue weighted by Crippen LogP contribution is -2.46. The van der Waals surface area contributed by atoms with Crippen molar-refractivity contribution in [2.24, 2.45) is 4.99 Å². The third-order valence-corrected chi connectivity index (χ3v) is 7.05. The van der Waals surface area contributed by atoms with Crippen molar-refractivity contribution in [2.45, 2.75) is 37.0 Å². The van der Waals surface area contributed by atoms with Crippen molar-refractivity contribution in [3.05, 3.63) is 84.4 Å². The second-order valence-corrected chi connectivity index (χ2v) is 10.5. The van der Waals surface area contributed by atoms with E-state index in [0.29, 0.717) is 41.9 Å². The van der Waals surface area contributed by atoms with Gasteiger partial charge in [-0.25, -0.2) is 4.99 Å². The Morgan fingerprint density at radius 2 is 1.75 bits per heavy atom. The average molecular weight is 588 g/mol. The number of ether oxygens (including phenoxy) is 2. The number of thioether (sulfide) groups is 1. The van der Waals surface area contributed by atoms with Gasteiger partial charge in [0.1, 0.15) is 16.7 Å². The number of carbonyl (C=O) groups excluding carboxylic acids is 2. The molecule has 0 radical (unpaired) electrons. The monoisotopic (exact) mass is 587 g/mol. The fourth-order valence-corrected chi connectivity index (χ4v) is 5.07. The van der Waals surface area contributed by atoms with Gasteiger partial charge in [-0.1, -0.05) is 49.0 Å². The van der Waals surface area contributed by atoms with Crippen LogP contribution in [0.3, 0.4) is 0 Å². The van der Waals surface area contributed by atoms with Crippen molar-refractivity contribution in [1.82, 2.24) is 4.90 Å². The lowest BCUT2D eigenvalue weighted by molar-refractivity contribution is -0.129. The molecule has 1 fully saturated rings. The number of amides is 2. The predicted octanol–water partition coefficient (Wildman–Crippen LogP) is 6.85. The van der Waals surface area contributed by atoms with E-state index in [4.69, 9.17) is 16.3 Å². The number of amidine groups is 1. The molecule has 1 N–H and O–H groups in total. The van der Waals surface area contributed by atoms with E-state index in [1.165, 1.54) is 36.0 Å². The molecule has 0 unspecified atom stereocenters. The summed E-state index contributed by atoms with van der Waals surface area (Å²) in [6.45, 7) is 2.98. The first-order valence-electron chi connectivity index (χ1n) is 12.7. The van der Waals surface area contributed by atoms with Crippen molar-refractivity contribution >= 4 is 51.7 Å². The second-order valence-electron chi connectivity index (χ2n) is 8.89. The Hall–Kier alpha value is -3.63. The van der Waals surface area contributed by atoms with Crippen LogP contribution in [0.4, 0.5) is 20.2 Å². The second kappa shape index (κ2) is 13.6. The molecule has 3 aromatic carbocycles. The number of alkyl halides is 3. The Balaban J connectivity index is 1.51. The van der Waals surface area contributed by atoms with Gasteiger partial charge in [-0.05, 0) is 66.9 Å². The van der Waals surface area contributed by atoms with Gasteiger partial charge in [0.25, 0.3) is 0 Å². The lowest BCUT2D eigenvalue weighted by atomic mass is 10.1. The normalized spacial score (nSPS) is 16.6. The number of benzene rings is 3. The number of hydrogen-bond acceptors (Lipinski definition) is 6. The van der Waals surface area contributed by atoms with Crippen LogP contribution in [0.1, 0.15) is 25.3 Å². The van der Waals surface area contributed by atoms with Gasteiger partial charge in [-0.3, -0.25) is 14.5 Å². The number of nitrogens with one attached hydrogen (secondary N) is 1. The molecule has 0 aromatic heterocycles. The summed E-state index contributed by atoms with van der Waals surface area (Å²) in [5, 5.41) is 2.49. The Kier molecular flexibility index (Phi) is 10.0. The van der Waals surface area contributed by atoms with Crippen molar-refractivity contribution in [2.75, 3.05) is 18.5 Å². The third kappa shape index (κ3) is 8.69. The number of rotatable bonds is 11. The summed E-state index contributed by atoms with van der Waals surface area (Å²) in [7, 11) is 0. The van der Waals surface area contributed by atoms with Crippen LogP contribution in [0.5, 0.6) is 11.5 Å². The largest absolute Gasteiger partial charge is 0.494 e. The molecule has 7 nitrogen and oxygen atoms in total. The van der Waals surface area contributed by atoms with E-state index in [1.807, 2.05) is 37.3 Å². The smallest absolute Gasteiger partial charge is 0.487 e. The van der Waals surface area contributed by atoms with E-state index in [1.54, 1.807) is 29.2 Å². The molecule has 11 heteroatoms. The van der Waals surface area contributed by atoms with E-state index in [-0.39, 0.29) is 24.0 Å². The summed E-state index contributed by atoms with van der Waals surface area (Å²) in [6.07, 6.45) is 1.48. The topological polar surface area (TPSA) is 80.2 Å². The summed E-state index contributed by atoms with van der Waals surface area (Å²) in [5.41, 5.74) is -1.81. The summed E-state index contributed by atoms with van der Waals surface area (Å²) < 4.78 is 35.9. The molecule has 0 bridgehead atoms. The molecular weight excluding hydrogens is 560 g/mol. The van der Waals surface area contributed by atoms with E-state index in [2.05, 4.69) is 15.0 Å². The SMILES string of the molecule is CCCOc1ccc(NC(=O)[C@@H]2CC(=O)N(CCc3ccccc3)C(=Nc3ccc(OC(F)(F)Cl)cc3)S2)cc1. The van der Waals surface area contributed by atoms with Gasteiger partial charge >= 0.3 is 5.57 Å². The van der Waals surface area contributed by atoms with Crippen LogP contribution in [0.2, 0.25) is 0 Å². The van der Waals surface area contributed by atoms with Gasteiger partial charge in [0.05, 0.1) is 12.3 Å². The molecule has 1 aliphatic rings. The first-order valence-corrected chi connectivity index (χ1v) is 13.9. The summed E-state index contributed by atoms with van der Waals surface area (Å²) >= 11 is 6.02. The minimum Gasteiger partial charge on any atom is -0.494 e. The van der Waals surface area contributed by atoms with Crippen LogP contribution in [-0.2, 0) is 16.0 Å². The fourth-order valence-electron chi connectivity index (χ4n) is 3.86. The average Bonchev–Trinajstić information content (AvgIpc) is 2.93. The van der Waals surface area contributed by atoms with Gasteiger partial charge in [-0.15, -0.1) is 8.78 Å². The Morgan fingerprint density at radius 3 is 2.40 bits per heavy atom. The molecule has 1 atom stereocenters. The van der Waals surface area contributed by atoms with Crippen molar-refractivity contribution in [3.8, 4) is 11.5 Å². The van der Waals surface area contributed by atoms with Gasteiger partial charge in [0.2, 0.25) is 11.8 Å². The highest BCUT2D eigenvalue weighted by molar-refractivity contribution is 8.15. The van der Waals surface area contributed by atoms with Crippen molar-refractivity contribution < 1.29 is 27.8 Å². The summed E-state index contributed by atoms with van der Waals surface area (Å²) in [6, 6.07) is 22.3. The molecule has 40 heavy (non-hydrogen) atoms. The molecule has 1 saturated heterocycles. The molecule has 0 aliphatic carbocycles. The summed E-state index contributed by atoms with van der Waals surface area (Å²) in [4.78, 5) is 32.5. The molecule has 1 aliphatic heterocycles. The zero-order valence-corrected chi connectivity index (χ0v) is 23.3. The van der Waals surface area contributed by atoms with Crippen molar-refractivity contribution in [3.63, 3.8) is 0 Å². The Labute approximate surface area is 240 Å². The first kappa shape index (κ1) is 29.4. The van der Waals surface area contributed by atoms with E-state index in [9.17, 15) is 18.4 Å². The molecule has 0 spiro atoms. The zero-order valence-electron chi connectivity index (χ0n) is 21.7. The van der Waals surface area contributed by atoms with Gasteiger partial charge in [-0.2, -0.15) is 0 Å². The van der Waals surface area contributed by atoms with Crippen molar-refractivity contribution in [1.29, 1.82) is 0 Å². The molecule has 4 rings (SSSR count). The van der Waals surface area contributed by atoms with E-state index < -0.39 is 10.8 Å². The van der Waals surface area contributed by atoms with Gasteiger partial charge in [0.15, 0.2) is 5.17 Å². The molecule has 3 aromatic rings. The first-order chi connectivity index (χ1) is 19.2. The van der Waals surface area contributed by atoms with Gasteiger partial charge < -0.3 is 14.8 Å². The molecular formula is C29H28ClF2N3O4S. The maximum absolute atomic E-state index is 13.3. The van der Waals surface area contributed by atoms with E-state index >= 15 is 0 Å². The molecule has 0 saturated carbocycles. The quantitative estimate of drug-likeness (QED) is 0.248. The number of anilines is 1. The molecule has 2 amide bonds. The minimum absolute atomic E-state index is 0.000410. The van der Waals surface area contributed by atoms with Crippen LogP contribution < -0.4 is 14.8 Å². The number of aliphatic imine (C=N–C) groups is 1. The Bertz CT molecular complexity index is 1320. The standard InChI is InChI=1S/C29H28ClF2N3O4S/c1-2-18-38-23-12-8-21(9-13-23)33-27(37)25-19-26(36)35(17-16-20-6-4-3-5-7-20)28(40-25)34-22-10-14-24(15-11-22)39-29(30,31)32/h3-15,25H,2,16-19H2,1H3,(H,33,37)/t25-/m0/s1. The third-order valence-electron chi connectivity index (χ3n) is 5.79. The fraction of sp³-hybridized carbons (Fsp3) is 0.276. The highest BCUT2D eigenvalue weighted by Crippen LogP contribution is 2.32. The maximum Gasteiger partial charge on any atom is 0.487 e. The lowest BCUT2D eigenvalue weighted by Gasteiger charge is -2.32. The number of halogens is 3. The van der Waals surface area contributed by atoms with Crippen LogP contribution >= 0.6 is 23.4 Å². The maximum atomic E-state index is 13.3. The summed E-state index contributed by atoms with van der Waals surface area (Å²) in [5.74, 6) is 0.0000584. The highest BCUT2D eigenvalue weighted by atomic mass is 35.5. The molecule has 210 valence electrons. The number of hydrogen-bond donors (Lipinski definition) is 1. The van der Waals surface area contributed by atoms with Crippen LogP contribution in [0.15, 0.2) is 83.9 Å². The number of nitrogens with zero attached hydrogens (tertiary/aromatic N) is 2. The predicted molar refractivity (Wildman–Crippen MR) is 154 cm³/mol. The van der Waals surface area contributed by atoms with E-state index in [0.717, 1.165) is 12.0 Å². The Morgan fingerprint density at radius 1 is 1.07 bits per heavy atom. The number of carbonyl (C=O) groups is 2.